The minimum atomic E-state index is -0.736. The Labute approximate surface area is 74.9 Å². The van der Waals surface area contributed by atoms with E-state index in [0.717, 1.165) is 0 Å². The fourth-order valence-corrected chi connectivity index (χ4v) is 0.878. The van der Waals surface area contributed by atoms with Gasteiger partial charge in [0, 0.05) is 6.92 Å². The molecule has 74 valence electrons. The molecular weight excluding hydrogens is 178 g/mol. The van der Waals surface area contributed by atoms with Gasteiger partial charge in [-0.05, 0) is 0 Å². The standard InChI is InChI=1S/C7H11NO5/c1-4(9)11-3-6-12-2-5(13-6)7(8)10/h5-6H,2-3H2,1H3,(H2,8,10). The predicted molar refractivity (Wildman–Crippen MR) is 40.4 cm³/mol. The van der Waals surface area contributed by atoms with Crippen LogP contribution in [0, 0.1) is 0 Å². The number of hydrogen-bond acceptors (Lipinski definition) is 5. The molecule has 13 heavy (non-hydrogen) atoms. The predicted octanol–water partition coefficient (Wildman–Crippen LogP) is -1.22. The van der Waals surface area contributed by atoms with Gasteiger partial charge in [-0.1, -0.05) is 0 Å². The van der Waals surface area contributed by atoms with Crippen LogP contribution in [0.2, 0.25) is 0 Å². The van der Waals surface area contributed by atoms with Crippen LogP contribution in [0.25, 0.3) is 0 Å². The molecule has 1 heterocycles. The Kier molecular flexibility index (Phi) is 3.21. The van der Waals surface area contributed by atoms with Crippen LogP contribution in [0.5, 0.6) is 0 Å². The Hall–Kier alpha value is -1.14. The van der Waals surface area contributed by atoms with Gasteiger partial charge in [-0.3, -0.25) is 9.59 Å². The summed E-state index contributed by atoms with van der Waals surface area (Å²) in [6, 6.07) is 0. The second kappa shape index (κ2) is 4.20. The third kappa shape index (κ3) is 3.00. The number of carbonyl (C=O) groups is 2. The largest absolute Gasteiger partial charge is 0.460 e. The molecule has 0 aromatic carbocycles. The lowest BCUT2D eigenvalue weighted by atomic mass is 10.4. The van der Waals surface area contributed by atoms with Gasteiger partial charge in [-0.2, -0.15) is 0 Å². The molecular formula is C7H11NO5. The first-order valence-electron chi connectivity index (χ1n) is 3.79. The van der Waals surface area contributed by atoms with Crippen molar-refractivity contribution in [1.82, 2.24) is 0 Å². The molecule has 1 amide bonds. The lowest BCUT2D eigenvalue weighted by Crippen LogP contribution is -2.31. The van der Waals surface area contributed by atoms with Crippen molar-refractivity contribution in [2.45, 2.75) is 19.3 Å². The Morgan fingerprint density at radius 3 is 2.77 bits per heavy atom. The van der Waals surface area contributed by atoms with Gasteiger partial charge in [0.25, 0.3) is 0 Å². The van der Waals surface area contributed by atoms with Crippen molar-refractivity contribution in [2.24, 2.45) is 5.73 Å². The summed E-state index contributed by atoms with van der Waals surface area (Å²) < 4.78 is 14.6. The molecule has 1 fully saturated rings. The first kappa shape index (κ1) is 9.94. The highest BCUT2D eigenvalue weighted by Crippen LogP contribution is 2.11. The van der Waals surface area contributed by atoms with Crippen LogP contribution < -0.4 is 5.73 Å². The summed E-state index contributed by atoms with van der Waals surface area (Å²) in [4.78, 5) is 21.0. The van der Waals surface area contributed by atoms with Crippen molar-refractivity contribution in [2.75, 3.05) is 13.2 Å². The molecule has 0 saturated carbocycles. The second-order valence-corrected chi connectivity index (χ2v) is 2.59. The number of rotatable bonds is 3. The highest BCUT2D eigenvalue weighted by atomic mass is 16.7. The van der Waals surface area contributed by atoms with E-state index in [9.17, 15) is 9.59 Å². The normalized spacial score (nSPS) is 27.2. The molecule has 1 rings (SSSR count). The molecule has 0 bridgehead atoms. The van der Waals surface area contributed by atoms with E-state index in [0.29, 0.717) is 0 Å². The molecule has 0 radical (unpaired) electrons. The van der Waals surface area contributed by atoms with E-state index >= 15 is 0 Å². The Morgan fingerprint density at radius 1 is 1.62 bits per heavy atom. The summed E-state index contributed by atoms with van der Waals surface area (Å²) in [5.41, 5.74) is 4.96. The van der Waals surface area contributed by atoms with Crippen LogP contribution >= 0.6 is 0 Å². The van der Waals surface area contributed by atoms with Crippen LogP contribution in [0.4, 0.5) is 0 Å². The molecule has 1 aliphatic heterocycles. The number of nitrogens with two attached hydrogens (primary N) is 1. The highest BCUT2D eigenvalue weighted by molar-refractivity contribution is 5.79. The smallest absolute Gasteiger partial charge is 0.302 e. The minimum absolute atomic E-state index is 0.0148. The SMILES string of the molecule is CC(=O)OCC1OCC(C(N)=O)O1. The molecule has 0 aliphatic carbocycles. The topological polar surface area (TPSA) is 87.9 Å². The summed E-state index contributed by atoms with van der Waals surface area (Å²) in [5, 5.41) is 0. The zero-order valence-electron chi connectivity index (χ0n) is 7.19. The molecule has 1 aliphatic rings. The van der Waals surface area contributed by atoms with E-state index in [2.05, 4.69) is 4.74 Å². The van der Waals surface area contributed by atoms with Crippen molar-refractivity contribution in [3.63, 3.8) is 0 Å². The Morgan fingerprint density at radius 2 is 2.31 bits per heavy atom. The number of carbonyl (C=O) groups excluding carboxylic acids is 2. The lowest BCUT2D eigenvalue weighted by molar-refractivity contribution is -0.156. The van der Waals surface area contributed by atoms with Gasteiger partial charge in [0.05, 0.1) is 6.61 Å². The van der Waals surface area contributed by atoms with Crippen molar-refractivity contribution in [3.05, 3.63) is 0 Å². The second-order valence-electron chi connectivity index (χ2n) is 2.59. The van der Waals surface area contributed by atoms with Gasteiger partial charge in [-0.25, -0.2) is 0 Å². The monoisotopic (exact) mass is 189 g/mol. The third-order valence-electron chi connectivity index (χ3n) is 1.49. The van der Waals surface area contributed by atoms with Gasteiger partial charge >= 0.3 is 5.97 Å². The van der Waals surface area contributed by atoms with E-state index in [4.69, 9.17) is 15.2 Å². The number of primary amides is 1. The van der Waals surface area contributed by atoms with Crippen molar-refractivity contribution in [1.29, 1.82) is 0 Å². The zero-order chi connectivity index (χ0) is 9.84. The van der Waals surface area contributed by atoms with Gasteiger partial charge in [0.2, 0.25) is 5.91 Å². The average molecular weight is 189 g/mol. The average Bonchev–Trinajstić information content (AvgIpc) is 2.48. The summed E-state index contributed by atoms with van der Waals surface area (Å²) in [5.74, 6) is -1.000. The first-order valence-corrected chi connectivity index (χ1v) is 3.79. The molecule has 2 N–H and O–H groups in total. The van der Waals surface area contributed by atoms with Crippen LogP contribution in [-0.4, -0.2) is 37.5 Å². The van der Waals surface area contributed by atoms with E-state index in [1.54, 1.807) is 0 Å². The fourth-order valence-electron chi connectivity index (χ4n) is 0.878. The van der Waals surface area contributed by atoms with Crippen LogP contribution in [0.1, 0.15) is 6.92 Å². The quantitative estimate of drug-likeness (QED) is 0.562. The molecule has 0 aromatic rings. The van der Waals surface area contributed by atoms with E-state index in [1.807, 2.05) is 0 Å². The zero-order valence-corrected chi connectivity index (χ0v) is 7.19. The van der Waals surface area contributed by atoms with Crippen LogP contribution in [-0.2, 0) is 23.8 Å². The fraction of sp³-hybridized carbons (Fsp3) is 0.714. The molecule has 2 atom stereocenters. The van der Waals surface area contributed by atoms with Crippen molar-refractivity contribution in [3.8, 4) is 0 Å². The van der Waals surface area contributed by atoms with E-state index < -0.39 is 24.3 Å². The van der Waals surface area contributed by atoms with Gasteiger partial charge in [0.1, 0.15) is 6.61 Å². The van der Waals surface area contributed by atoms with Gasteiger partial charge in [0.15, 0.2) is 12.4 Å². The van der Waals surface area contributed by atoms with E-state index in [1.165, 1.54) is 6.92 Å². The van der Waals surface area contributed by atoms with Gasteiger partial charge in [-0.15, -0.1) is 0 Å². The Bertz CT molecular complexity index is 217. The number of esters is 1. The minimum Gasteiger partial charge on any atom is -0.460 e. The van der Waals surface area contributed by atoms with Crippen LogP contribution in [0.3, 0.4) is 0 Å². The molecule has 0 aromatic heterocycles. The summed E-state index contributed by atoms with van der Waals surface area (Å²) in [6.45, 7) is 1.38. The van der Waals surface area contributed by atoms with Crippen molar-refractivity contribution < 1.29 is 23.8 Å². The summed E-state index contributed by atoms with van der Waals surface area (Å²) in [6.07, 6.45) is -1.41. The molecule has 0 spiro atoms. The molecule has 2 unspecified atom stereocenters. The Balaban J connectivity index is 2.25. The number of amides is 1. The summed E-state index contributed by atoms with van der Waals surface area (Å²) >= 11 is 0. The third-order valence-corrected chi connectivity index (χ3v) is 1.49. The number of ether oxygens (including phenoxy) is 3. The van der Waals surface area contributed by atoms with E-state index in [-0.39, 0.29) is 13.2 Å². The highest BCUT2D eigenvalue weighted by Gasteiger charge is 2.30. The van der Waals surface area contributed by atoms with Crippen molar-refractivity contribution >= 4 is 11.9 Å². The first-order chi connectivity index (χ1) is 6.09. The maximum Gasteiger partial charge on any atom is 0.302 e. The maximum absolute atomic E-state index is 10.6. The molecule has 6 nitrogen and oxygen atoms in total. The van der Waals surface area contributed by atoms with Crippen LogP contribution in [0.15, 0.2) is 0 Å². The molecule has 6 heteroatoms. The maximum atomic E-state index is 10.6. The lowest BCUT2D eigenvalue weighted by Gasteiger charge is -2.08. The summed E-state index contributed by atoms with van der Waals surface area (Å²) in [7, 11) is 0. The number of hydrogen-bond donors (Lipinski definition) is 1. The van der Waals surface area contributed by atoms with Gasteiger partial charge < -0.3 is 19.9 Å². The molecule has 1 saturated heterocycles.